The molecule has 3 nitrogen and oxygen atoms in total. The average molecular weight is 222 g/mol. The maximum atomic E-state index is 5.90. The molecule has 0 bridgehead atoms. The van der Waals surface area contributed by atoms with Gasteiger partial charge in [0.1, 0.15) is 0 Å². The Kier molecular flexibility index (Phi) is 2.75. The van der Waals surface area contributed by atoms with Crippen molar-refractivity contribution in [1.82, 2.24) is 9.78 Å². The SMILES string of the molecule is Cc1ccn(-c2ccc(Cl)cc2CN)n1. The Morgan fingerprint density at radius 2 is 2.20 bits per heavy atom. The Morgan fingerprint density at radius 1 is 1.40 bits per heavy atom. The van der Waals surface area contributed by atoms with E-state index in [1.165, 1.54) is 0 Å². The van der Waals surface area contributed by atoms with Crippen LogP contribution in [0, 0.1) is 6.92 Å². The number of aromatic nitrogens is 2. The van der Waals surface area contributed by atoms with Crippen LogP contribution < -0.4 is 5.73 Å². The van der Waals surface area contributed by atoms with Crippen LogP contribution in [0.4, 0.5) is 0 Å². The number of benzene rings is 1. The van der Waals surface area contributed by atoms with Crippen LogP contribution in [-0.2, 0) is 6.54 Å². The molecule has 2 rings (SSSR count). The Hall–Kier alpha value is -1.32. The van der Waals surface area contributed by atoms with E-state index in [1.54, 1.807) is 0 Å². The molecule has 0 aliphatic rings. The van der Waals surface area contributed by atoms with E-state index in [0.717, 1.165) is 16.9 Å². The molecular formula is C11H12ClN3. The molecule has 0 aliphatic heterocycles. The van der Waals surface area contributed by atoms with Crippen molar-refractivity contribution >= 4 is 11.6 Å². The van der Waals surface area contributed by atoms with E-state index in [9.17, 15) is 0 Å². The number of rotatable bonds is 2. The van der Waals surface area contributed by atoms with Crippen LogP contribution in [0.15, 0.2) is 30.5 Å². The molecule has 4 heteroatoms. The van der Waals surface area contributed by atoms with Crippen molar-refractivity contribution < 1.29 is 0 Å². The lowest BCUT2D eigenvalue weighted by atomic mass is 10.2. The van der Waals surface area contributed by atoms with Crippen molar-refractivity contribution in [2.75, 3.05) is 0 Å². The second kappa shape index (κ2) is 4.04. The van der Waals surface area contributed by atoms with Gasteiger partial charge in [0.05, 0.1) is 11.4 Å². The van der Waals surface area contributed by atoms with E-state index >= 15 is 0 Å². The normalized spacial score (nSPS) is 10.6. The van der Waals surface area contributed by atoms with Crippen LogP contribution in [0.2, 0.25) is 5.02 Å². The van der Waals surface area contributed by atoms with Crippen LogP contribution in [0.5, 0.6) is 0 Å². The van der Waals surface area contributed by atoms with Gasteiger partial charge in [-0.1, -0.05) is 11.6 Å². The highest BCUT2D eigenvalue weighted by atomic mass is 35.5. The summed E-state index contributed by atoms with van der Waals surface area (Å²) < 4.78 is 1.81. The Balaban J connectivity index is 2.52. The third-order valence-corrected chi connectivity index (χ3v) is 2.47. The number of aryl methyl sites for hydroxylation is 1. The minimum absolute atomic E-state index is 0.453. The molecule has 0 aliphatic carbocycles. The van der Waals surface area contributed by atoms with Crippen molar-refractivity contribution in [2.45, 2.75) is 13.5 Å². The molecule has 0 saturated carbocycles. The predicted octanol–water partition coefficient (Wildman–Crippen LogP) is 2.29. The molecule has 2 aromatic rings. The van der Waals surface area contributed by atoms with Gasteiger partial charge in [-0.2, -0.15) is 5.10 Å². The summed E-state index contributed by atoms with van der Waals surface area (Å²) in [5, 5.41) is 5.03. The zero-order valence-corrected chi connectivity index (χ0v) is 9.20. The first-order valence-electron chi connectivity index (χ1n) is 4.72. The molecule has 0 fully saturated rings. The van der Waals surface area contributed by atoms with Gasteiger partial charge in [0.25, 0.3) is 0 Å². The maximum absolute atomic E-state index is 5.90. The minimum atomic E-state index is 0.453. The van der Waals surface area contributed by atoms with Crippen molar-refractivity contribution in [3.8, 4) is 5.69 Å². The summed E-state index contributed by atoms with van der Waals surface area (Å²) in [6.07, 6.45) is 1.91. The molecule has 1 heterocycles. The van der Waals surface area contributed by atoms with Gasteiger partial charge < -0.3 is 5.73 Å². The second-order valence-electron chi connectivity index (χ2n) is 3.38. The largest absolute Gasteiger partial charge is 0.326 e. The molecule has 0 radical (unpaired) electrons. The summed E-state index contributed by atoms with van der Waals surface area (Å²) >= 11 is 5.90. The van der Waals surface area contributed by atoms with Gasteiger partial charge in [-0.25, -0.2) is 4.68 Å². The quantitative estimate of drug-likeness (QED) is 0.846. The van der Waals surface area contributed by atoms with Gasteiger partial charge >= 0.3 is 0 Å². The summed E-state index contributed by atoms with van der Waals surface area (Å²) in [4.78, 5) is 0. The standard InChI is InChI=1S/C11H12ClN3/c1-8-4-5-15(14-8)11-3-2-10(12)6-9(11)7-13/h2-6H,7,13H2,1H3. The minimum Gasteiger partial charge on any atom is -0.326 e. The lowest BCUT2D eigenvalue weighted by molar-refractivity contribution is 0.844. The van der Waals surface area contributed by atoms with E-state index in [2.05, 4.69) is 5.10 Å². The fraction of sp³-hybridized carbons (Fsp3) is 0.182. The van der Waals surface area contributed by atoms with Crippen LogP contribution in [0.1, 0.15) is 11.3 Å². The van der Waals surface area contributed by atoms with Gasteiger partial charge in [-0.3, -0.25) is 0 Å². The van der Waals surface area contributed by atoms with E-state index in [4.69, 9.17) is 17.3 Å². The molecule has 0 spiro atoms. The van der Waals surface area contributed by atoms with Crippen LogP contribution in [-0.4, -0.2) is 9.78 Å². The topological polar surface area (TPSA) is 43.8 Å². The van der Waals surface area contributed by atoms with Gasteiger partial charge in [0.2, 0.25) is 0 Å². The third kappa shape index (κ3) is 2.03. The zero-order chi connectivity index (χ0) is 10.8. The number of hydrogen-bond donors (Lipinski definition) is 1. The molecule has 1 aromatic carbocycles. The number of nitrogens with two attached hydrogens (primary N) is 1. The third-order valence-electron chi connectivity index (χ3n) is 2.23. The molecule has 0 amide bonds. The van der Waals surface area contributed by atoms with Gasteiger partial charge in [-0.05, 0) is 36.8 Å². The first-order valence-corrected chi connectivity index (χ1v) is 5.09. The second-order valence-corrected chi connectivity index (χ2v) is 3.82. The van der Waals surface area contributed by atoms with Gasteiger partial charge in [0, 0.05) is 17.8 Å². The fourth-order valence-corrected chi connectivity index (χ4v) is 1.69. The summed E-state index contributed by atoms with van der Waals surface area (Å²) in [6, 6.07) is 7.59. The molecule has 0 unspecified atom stereocenters. The highest BCUT2D eigenvalue weighted by molar-refractivity contribution is 6.30. The summed E-state index contributed by atoms with van der Waals surface area (Å²) in [5.41, 5.74) is 8.62. The maximum Gasteiger partial charge on any atom is 0.0691 e. The lowest BCUT2D eigenvalue weighted by Crippen LogP contribution is -2.05. The lowest BCUT2D eigenvalue weighted by Gasteiger charge is -2.07. The van der Waals surface area contributed by atoms with Crippen molar-refractivity contribution in [3.63, 3.8) is 0 Å². The number of halogens is 1. The van der Waals surface area contributed by atoms with Crippen molar-refractivity contribution in [1.29, 1.82) is 0 Å². The van der Waals surface area contributed by atoms with Crippen LogP contribution >= 0.6 is 11.6 Å². The summed E-state index contributed by atoms with van der Waals surface area (Å²) in [5.74, 6) is 0. The Bertz CT molecular complexity index is 476. The molecule has 78 valence electrons. The first kappa shape index (κ1) is 10.2. The van der Waals surface area contributed by atoms with Crippen LogP contribution in [0.25, 0.3) is 5.69 Å². The molecule has 2 N–H and O–H groups in total. The monoisotopic (exact) mass is 221 g/mol. The zero-order valence-electron chi connectivity index (χ0n) is 8.44. The molecular weight excluding hydrogens is 210 g/mol. The Morgan fingerprint density at radius 3 is 2.80 bits per heavy atom. The number of hydrogen-bond acceptors (Lipinski definition) is 2. The number of nitrogens with zero attached hydrogens (tertiary/aromatic N) is 2. The van der Waals surface area contributed by atoms with E-state index in [-0.39, 0.29) is 0 Å². The van der Waals surface area contributed by atoms with Crippen LogP contribution in [0.3, 0.4) is 0 Å². The van der Waals surface area contributed by atoms with Crippen molar-refractivity contribution in [2.24, 2.45) is 5.73 Å². The molecule has 15 heavy (non-hydrogen) atoms. The Labute approximate surface area is 93.5 Å². The molecule has 0 atom stereocenters. The summed E-state index contributed by atoms with van der Waals surface area (Å²) in [6.45, 7) is 2.41. The van der Waals surface area contributed by atoms with E-state index in [1.807, 2.05) is 42.1 Å². The average Bonchev–Trinajstić information content (AvgIpc) is 2.64. The van der Waals surface area contributed by atoms with E-state index < -0.39 is 0 Å². The summed E-state index contributed by atoms with van der Waals surface area (Å²) in [7, 11) is 0. The van der Waals surface area contributed by atoms with E-state index in [0.29, 0.717) is 11.6 Å². The highest BCUT2D eigenvalue weighted by Gasteiger charge is 2.04. The van der Waals surface area contributed by atoms with Crippen molar-refractivity contribution in [3.05, 3.63) is 46.7 Å². The molecule has 0 saturated heterocycles. The highest BCUT2D eigenvalue weighted by Crippen LogP contribution is 2.19. The van der Waals surface area contributed by atoms with Gasteiger partial charge in [0.15, 0.2) is 0 Å². The van der Waals surface area contributed by atoms with Gasteiger partial charge in [-0.15, -0.1) is 0 Å². The fourth-order valence-electron chi connectivity index (χ4n) is 1.49. The molecule has 1 aromatic heterocycles. The first-order chi connectivity index (χ1) is 7.20. The predicted molar refractivity (Wildman–Crippen MR) is 61.2 cm³/mol. The smallest absolute Gasteiger partial charge is 0.0691 e.